The summed E-state index contributed by atoms with van der Waals surface area (Å²) in [5, 5.41) is 13.1. The van der Waals surface area contributed by atoms with E-state index in [0.717, 1.165) is 37.4 Å². The molecule has 1 aromatic heterocycles. The second-order valence-electron chi connectivity index (χ2n) is 5.09. The van der Waals surface area contributed by atoms with Gasteiger partial charge < -0.3 is 10.8 Å². The molecule has 0 atom stereocenters. The lowest BCUT2D eigenvalue weighted by Crippen LogP contribution is -2.28. The van der Waals surface area contributed by atoms with Crippen LogP contribution in [0.1, 0.15) is 30.7 Å². The number of hydrogen-bond donors (Lipinski definition) is 2. The summed E-state index contributed by atoms with van der Waals surface area (Å²) in [6, 6.07) is 1.96. The number of rotatable bonds is 6. The van der Waals surface area contributed by atoms with Gasteiger partial charge in [-0.05, 0) is 12.5 Å². The molecule has 7 heteroatoms. The molecule has 1 aliphatic rings. The Balaban J connectivity index is 1.98. The molecular weight excluding hydrogens is 260 g/mol. The third-order valence-corrected chi connectivity index (χ3v) is 3.41. The highest BCUT2D eigenvalue weighted by Crippen LogP contribution is 2.15. The van der Waals surface area contributed by atoms with Crippen LogP contribution in [0.5, 0.6) is 0 Å². The fourth-order valence-corrected chi connectivity index (χ4v) is 2.40. The summed E-state index contributed by atoms with van der Waals surface area (Å²) in [5.74, 6) is -1.10. The number of fused-ring (bicyclic) bond motifs is 1. The molecule has 7 nitrogen and oxygen atoms in total. The van der Waals surface area contributed by atoms with Gasteiger partial charge in [-0.2, -0.15) is 5.10 Å². The quantitative estimate of drug-likeness (QED) is 0.762. The molecule has 0 spiro atoms. The van der Waals surface area contributed by atoms with Gasteiger partial charge in [-0.15, -0.1) is 0 Å². The molecule has 1 aromatic rings. The lowest BCUT2D eigenvalue weighted by Gasteiger charge is -2.18. The number of amides is 1. The van der Waals surface area contributed by atoms with Crippen molar-refractivity contribution < 1.29 is 14.7 Å². The minimum Gasteiger partial charge on any atom is -0.481 e. The lowest BCUT2D eigenvalue weighted by atomic mass is 10.2. The van der Waals surface area contributed by atoms with E-state index in [1.165, 1.54) is 0 Å². The Bertz CT molecular complexity index is 498. The van der Waals surface area contributed by atoms with Crippen LogP contribution in [0.3, 0.4) is 0 Å². The van der Waals surface area contributed by atoms with E-state index in [-0.39, 0.29) is 12.3 Å². The summed E-state index contributed by atoms with van der Waals surface area (Å²) in [6.07, 6.45) is 1.88. The van der Waals surface area contributed by atoms with E-state index in [4.69, 9.17) is 10.8 Å². The van der Waals surface area contributed by atoms with Gasteiger partial charge in [0, 0.05) is 39.0 Å². The molecule has 0 fully saturated rings. The molecule has 20 heavy (non-hydrogen) atoms. The van der Waals surface area contributed by atoms with Crippen molar-refractivity contribution in [2.75, 3.05) is 13.1 Å². The van der Waals surface area contributed by atoms with Gasteiger partial charge >= 0.3 is 5.97 Å². The highest BCUT2D eigenvalue weighted by atomic mass is 16.4. The largest absolute Gasteiger partial charge is 0.481 e. The summed E-state index contributed by atoms with van der Waals surface area (Å²) in [4.78, 5) is 23.6. The zero-order valence-electron chi connectivity index (χ0n) is 11.4. The second-order valence-corrected chi connectivity index (χ2v) is 5.09. The maximum Gasteiger partial charge on any atom is 0.303 e. The van der Waals surface area contributed by atoms with Gasteiger partial charge in [0.2, 0.25) is 5.91 Å². The first kappa shape index (κ1) is 14.5. The van der Waals surface area contributed by atoms with Crippen molar-refractivity contribution in [3.05, 3.63) is 17.5 Å². The number of carbonyl (C=O) groups is 2. The van der Waals surface area contributed by atoms with Gasteiger partial charge in [-0.25, -0.2) is 0 Å². The summed E-state index contributed by atoms with van der Waals surface area (Å²) in [5.41, 5.74) is 7.07. The summed E-state index contributed by atoms with van der Waals surface area (Å²) in [6.45, 7) is 3.13. The van der Waals surface area contributed by atoms with Crippen LogP contribution in [0.25, 0.3) is 0 Å². The Kier molecular flexibility index (Phi) is 4.73. The zero-order chi connectivity index (χ0) is 14.5. The molecule has 0 radical (unpaired) electrons. The van der Waals surface area contributed by atoms with Crippen molar-refractivity contribution in [1.29, 1.82) is 0 Å². The summed E-state index contributed by atoms with van der Waals surface area (Å²) < 4.78 is 1.95. The topological polar surface area (TPSA) is 101 Å². The Labute approximate surface area is 117 Å². The van der Waals surface area contributed by atoms with E-state index in [9.17, 15) is 9.59 Å². The van der Waals surface area contributed by atoms with Crippen molar-refractivity contribution in [1.82, 2.24) is 14.7 Å². The van der Waals surface area contributed by atoms with Gasteiger partial charge in [0.15, 0.2) is 0 Å². The number of nitrogens with two attached hydrogens (primary N) is 1. The molecule has 0 saturated heterocycles. The number of aromatic nitrogens is 2. The number of primary amides is 1. The lowest BCUT2D eigenvalue weighted by molar-refractivity contribution is -0.137. The summed E-state index contributed by atoms with van der Waals surface area (Å²) >= 11 is 0. The molecule has 1 aliphatic heterocycles. The molecule has 0 unspecified atom stereocenters. The second kappa shape index (κ2) is 6.51. The number of carboxylic acids is 1. The fraction of sp³-hybridized carbons (Fsp3) is 0.615. The van der Waals surface area contributed by atoms with Crippen molar-refractivity contribution >= 4 is 11.9 Å². The Morgan fingerprint density at radius 2 is 2.15 bits per heavy atom. The normalized spacial score (nSPS) is 15.6. The van der Waals surface area contributed by atoms with Crippen LogP contribution in [0, 0.1) is 0 Å². The number of aliphatic carboxylic acids is 1. The van der Waals surface area contributed by atoms with Crippen molar-refractivity contribution in [2.45, 2.75) is 38.8 Å². The Hall–Kier alpha value is -1.89. The minimum absolute atomic E-state index is 0.0991. The number of carbonyl (C=O) groups excluding carboxylic acids is 1. The minimum atomic E-state index is -0.809. The van der Waals surface area contributed by atoms with E-state index in [0.29, 0.717) is 19.4 Å². The van der Waals surface area contributed by atoms with Crippen molar-refractivity contribution in [2.24, 2.45) is 5.73 Å². The standard InChI is InChI=1S/C13H20N4O3/c14-12(18)4-7-16-5-1-6-17-11(9-16)8-10(15-17)2-3-13(19)20/h8H,1-7,9H2,(H2,14,18)(H,19,20). The highest BCUT2D eigenvalue weighted by molar-refractivity contribution is 5.73. The third kappa shape index (κ3) is 4.06. The van der Waals surface area contributed by atoms with E-state index >= 15 is 0 Å². The SMILES string of the molecule is NC(=O)CCN1CCCn2nc(CCC(=O)O)cc2C1. The predicted molar refractivity (Wildman–Crippen MR) is 71.9 cm³/mol. The van der Waals surface area contributed by atoms with Crippen LogP contribution in [0.4, 0.5) is 0 Å². The van der Waals surface area contributed by atoms with Crippen LogP contribution in [-0.4, -0.2) is 44.8 Å². The zero-order valence-corrected chi connectivity index (χ0v) is 11.4. The van der Waals surface area contributed by atoms with Crippen LogP contribution < -0.4 is 5.73 Å². The molecule has 0 bridgehead atoms. The van der Waals surface area contributed by atoms with Crippen LogP contribution in [0.15, 0.2) is 6.07 Å². The highest BCUT2D eigenvalue weighted by Gasteiger charge is 2.17. The van der Waals surface area contributed by atoms with E-state index in [2.05, 4.69) is 10.00 Å². The number of hydrogen-bond acceptors (Lipinski definition) is 4. The van der Waals surface area contributed by atoms with E-state index in [1.807, 2.05) is 10.7 Å². The Morgan fingerprint density at radius 3 is 2.85 bits per heavy atom. The first-order valence-corrected chi connectivity index (χ1v) is 6.82. The van der Waals surface area contributed by atoms with Gasteiger partial charge in [0.25, 0.3) is 0 Å². The molecule has 3 N–H and O–H groups in total. The maximum atomic E-state index is 10.8. The number of carboxylic acid groups (broad SMARTS) is 1. The molecule has 1 amide bonds. The van der Waals surface area contributed by atoms with Crippen molar-refractivity contribution in [3.8, 4) is 0 Å². The van der Waals surface area contributed by atoms with Crippen LogP contribution in [0.2, 0.25) is 0 Å². The summed E-state index contributed by atoms with van der Waals surface area (Å²) in [7, 11) is 0. The Morgan fingerprint density at radius 1 is 1.35 bits per heavy atom. The van der Waals surface area contributed by atoms with Gasteiger partial charge in [0.05, 0.1) is 17.8 Å². The number of nitrogens with zero attached hydrogens (tertiary/aromatic N) is 3. The van der Waals surface area contributed by atoms with Gasteiger partial charge in [0.1, 0.15) is 0 Å². The monoisotopic (exact) mass is 280 g/mol. The molecule has 110 valence electrons. The number of aryl methyl sites for hydroxylation is 2. The average Bonchev–Trinajstić information content (AvgIpc) is 2.66. The van der Waals surface area contributed by atoms with Crippen LogP contribution >= 0.6 is 0 Å². The van der Waals surface area contributed by atoms with E-state index in [1.54, 1.807) is 0 Å². The third-order valence-electron chi connectivity index (χ3n) is 3.41. The maximum absolute atomic E-state index is 10.8. The van der Waals surface area contributed by atoms with Crippen LogP contribution in [-0.2, 0) is 29.1 Å². The first-order chi connectivity index (χ1) is 9.54. The van der Waals surface area contributed by atoms with Crippen molar-refractivity contribution in [3.63, 3.8) is 0 Å². The van der Waals surface area contributed by atoms with E-state index < -0.39 is 5.97 Å². The smallest absolute Gasteiger partial charge is 0.303 e. The molecule has 0 aromatic carbocycles. The first-order valence-electron chi connectivity index (χ1n) is 6.82. The molecular formula is C13H20N4O3. The molecule has 0 saturated carbocycles. The fourth-order valence-electron chi connectivity index (χ4n) is 2.40. The molecule has 0 aliphatic carbocycles. The average molecular weight is 280 g/mol. The predicted octanol–water partition coefficient (Wildman–Crippen LogP) is -0.0186. The molecule has 2 rings (SSSR count). The van der Waals surface area contributed by atoms with Gasteiger partial charge in [-0.3, -0.25) is 19.2 Å². The molecule has 2 heterocycles. The van der Waals surface area contributed by atoms with Gasteiger partial charge in [-0.1, -0.05) is 0 Å².